The highest BCUT2D eigenvalue weighted by atomic mass is 28.3. The van der Waals surface area contributed by atoms with Crippen LogP contribution in [0.2, 0.25) is 39.3 Å². The summed E-state index contributed by atoms with van der Waals surface area (Å²) in [7, 11) is -3.21. The molecule has 10 aromatic carbocycles. The summed E-state index contributed by atoms with van der Waals surface area (Å²) in [6.45, 7) is 26.2. The molecule has 0 radical (unpaired) electrons. The van der Waals surface area contributed by atoms with Gasteiger partial charge in [0.1, 0.15) is 0 Å². The number of benzene rings is 10. The molecular weight excluding hydrogens is 853 g/mol. The van der Waals surface area contributed by atoms with Crippen molar-refractivity contribution in [2.75, 3.05) is 9.80 Å². The van der Waals surface area contributed by atoms with Crippen LogP contribution in [0, 0.1) is 13.8 Å². The third kappa shape index (κ3) is 8.14. The van der Waals surface area contributed by atoms with Gasteiger partial charge in [0.25, 0.3) is 0 Å². The monoisotopic (exact) mass is 916 g/mol. The standard InChI is InChI=1S/C64H64N2Si2/c1-43-20-18-26-54(45-22-14-12-15-23-45)62(43)65(50-30-34-52(35-31-50)67(6,7)8)58-42-59(57-39-29-48-41-49(64(3,4)5)40-47-28-38-56(58)61(57)60(47)48)66(51-32-36-53(37-33-51)68(9,10)11)63-44(2)21-19-27-55(63)46-24-16-13-17-25-46/h12-42H,1-11H3. The highest BCUT2D eigenvalue weighted by Gasteiger charge is 2.30. The van der Waals surface area contributed by atoms with Crippen LogP contribution < -0.4 is 20.2 Å². The lowest BCUT2D eigenvalue weighted by molar-refractivity contribution is 0.591. The van der Waals surface area contributed by atoms with E-state index >= 15 is 0 Å². The van der Waals surface area contributed by atoms with Crippen LogP contribution in [-0.4, -0.2) is 16.1 Å². The highest BCUT2D eigenvalue weighted by molar-refractivity contribution is 6.89. The smallest absolute Gasteiger partial charge is 0.0775 e. The number of anilines is 6. The van der Waals surface area contributed by atoms with Gasteiger partial charge < -0.3 is 9.80 Å². The van der Waals surface area contributed by atoms with E-state index in [-0.39, 0.29) is 5.41 Å². The molecule has 0 unspecified atom stereocenters. The fourth-order valence-electron chi connectivity index (χ4n) is 10.3. The molecule has 338 valence electrons. The van der Waals surface area contributed by atoms with Crippen molar-refractivity contribution in [1.82, 2.24) is 0 Å². The first-order chi connectivity index (χ1) is 32.5. The maximum absolute atomic E-state index is 2.59. The van der Waals surface area contributed by atoms with Crippen LogP contribution in [0.5, 0.6) is 0 Å². The number of aryl methyl sites for hydroxylation is 2. The lowest BCUT2D eigenvalue weighted by Gasteiger charge is -2.35. The van der Waals surface area contributed by atoms with Gasteiger partial charge in [-0.2, -0.15) is 0 Å². The van der Waals surface area contributed by atoms with Crippen LogP contribution in [0.3, 0.4) is 0 Å². The summed E-state index contributed by atoms with van der Waals surface area (Å²) in [5, 5.41) is 10.5. The Morgan fingerprint density at radius 2 is 0.779 bits per heavy atom. The van der Waals surface area contributed by atoms with E-state index in [2.05, 4.69) is 272 Å². The second-order valence-corrected chi connectivity index (χ2v) is 32.2. The number of hydrogen-bond donors (Lipinski definition) is 0. The summed E-state index contributed by atoms with van der Waals surface area (Å²) < 4.78 is 0. The molecule has 0 amide bonds. The quantitative estimate of drug-likeness (QED) is 0.0996. The van der Waals surface area contributed by atoms with Gasteiger partial charge in [0.15, 0.2) is 0 Å². The molecule has 0 N–H and O–H groups in total. The van der Waals surface area contributed by atoms with Gasteiger partial charge in [0.2, 0.25) is 0 Å². The van der Waals surface area contributed by atoms with Crippen LogP contribution in [0.15, 0.2) is 188 Å². The zero-order chi connectivity index (χ0) is 47.7. The largest absolute Gasteiger partial charge is 0.309 e. The van der Waals surface area contributed by atoms with E-state index in [1.807, 2.05) is 0 Å². The van der Waals surface area contributed by atoms with Gasteiger partial charge in [-0.25, -0.2) is 0 Å². The summed E-state index contributed by atoms with van der Waals surface area (Å²) in [5.41, 5.74) is 15.5. The second kappa shape index (κ2) is 17.1. The number of para-hydroxylation sites is 2. The summed E-state index contributed by atoms with van der Waals surface area (Å²) >= 11 is 0. The van der Waals surface area contributed by atoms with Crippen LogP contribution >= 0.6 is 0 Å². The fraction of sp³-hybridized carbons (Fsp3) is 0.188. The zero-order valence-electron chi connectivity index (χ0n) is 41.8. The van der Waals surface area contributed by atoms with Crippen molar-refractivity contribution >= 4 is 93.0 Å². The van der Waals surface area contributed by atoms with Crippen molar-refractivity contribution in [3.05, 3.63) is 205 Å². The van der Waals surface area contributed by atoms with E-state index in [9.17, 15) is 0 Å². The molecule has 0 aliphatic carbocycles. The molecule has 2 nitrogen and oxygen atoms in total. The van der Waals surface area contributed by atoms with Crippen molar-refractivity contribution in [1.29, 1.82) is 0 Å². The van der Waals surface area contributed by atoms with Gasteiger partial charge >= 0.3 is 0 Å². The van der Waals surface area contributed by atoms with Crippen molar-refractivity contribution in [2.24, 2.45) is 0 Å². The Balaban J connectivity index is 1.39. The Morgan fingerprint density at radius 3 is 1.15 bits per heavy atom. The predicted molar refractivity (Wildman–Crippen MR) is 305 cm³/mol. The Kier molecular flexibility index (Phi) is 11.3. The van der Waals surface area contributed by atoms with Crippen LogP contribution in [0.4, 0.5) is 34.1 Å². The van der Waals surface area contributed by atoms with Gasteiger partial charge in [-0.1, -0.05) is 228 Å². The Morgan fingerprint density at radius 1 is 0.382 bits per heavy atom. The maximum atomic E-state index is 2.59. The predicted octanol–water partition coefficient (Wildman–Crippen LogP) is 17.9. The van der Waals surface area contributed by atoms with Gasteiger partial charge in [-0.15, -0.1) is 0 Å². The Hall–Kier alpha value is -6.73. The average Bonchev–Trinajstić information content (AvgIpc) is 3.32. The van der Waals surface area contributed by atoms with E-state index in [4.69, 9.17) is 0 Å². The zero-order valence-corrected chi connectivity index (χ0v) is 43.8. The molecular formula is C64H64N2Si2. The number of hydrogen-bond acceptors (Lipinski definition) is 2. The number of rotatable bonds is 10. The minimum atomic E-state index is -1.61. The normalized spacial score (nSPS) is 12.3. The molecule has 10 rings (SSSR count). The topological polar surface area (TPSA) is 6.48 Å². The molecule has 0 aromatic heterocycles. The molecule has 0 saturated heterocycles. The summed E-state index contributed by atoms with van der Waals surface area (Å²) in [5.74, 6) is 0. The molecule has 0 heterocycles. The van der Waals surface area contributed by atoms with Crippen LogP contribution in [0.25, 0.3) is 54.6 Å². The van der Waals surface area contributed by atoms with Crippen molar-refractivity contribution in [2.45, 2.75) is 79.3 Å². The Labute approximate surface area is 406 Å². The fourth-order valence-corrected chi connectivity index (χ4v) is 12.6. The van der Waals surface area contributed by atoms with Crippen molar-refractivity contribution in [3.63, 3.8) is 0 Å². The van der Waals surface area contributed by atoms with E-state index in [0.717, 1.165) is 22.7 Å². The average molecular weight is 917 g/mol. The summed E-state index contributed by atoms with van der Waals surface area (Å²) in [6.07, 6.45) is 0. The molecule has 4 heteroatoms. The molecule has 0 aliphatic rings. The first kappa shape index (κ1) is 45.1. The molecule has 0 aliphatic heterocycles. The molecule has 0 bridgehead atoms. The Bertz CT molecular complexity index is 3230. The van der Waals surface area contributed by atoms with Crippen LogP contribution in [0.1, 0.15) is 37.5 Å². The second-order valence-electron chi connectivity index (χ2n) is 22.0. The summed E-state index contributed by atoms with van der Waals surface area (Å²) in [4.78, 5) is 5.17. The van der Waals surface area contributed by atoms with Gasteiger partial charge in [0.05, 0.1) is 38.9 Å². The van der Waals surface area contributed by atoms with Crippen LogP contribution in [-0.2, 0) is 5.41 Å². The first-order valence-corrected chi connectivity index (χ1v) is 31.3. The maximum Gasteiger partial charge on any atom is 0.0775 e. The van der Waals surface area contributed by atoms with E-state index in [0.29, 0.717) is 0 Å². The molecule has 68 heavy (non-hydrogen) atoms. The summed E-state index contributed by atoms with van der Waals surface area (Å²) in [6, 6.07) is 71.6. The van der Waals surface area contributed by atoms with Crippen molar-refractivity contribution < 1.29 is 0 Å². The number of nitrogens with zero attached hydrogens (tertiary/aromatic N) is 2. The molecule has 0 fully saturated rings. The highest BCUT2D eigenvalue weighted by Crippen LogP contribution is 2.53. The molecule has 0 saturated carbocycles. The lowest BCUT2D eigenvalue weighted by Crippen LogP contribution is -2.37. The van der Waals surface area contributed by atoms with Gasteiger partial charge in [-0.05, 0) is 93.6 Å². The minimum absolute atomic E-state index is 0.00410. The van der Waals surface area contributed by atoms with Crippen molar-refractivity contribution in [3.8, 4) is 22.3 Å². The third-order valence-electron chi connectivity index (χ3n) is 14.1. The first-order valence-electron chi connectivity index (χ1n) is 24.3. The van der Waals surface area contributed by atoms with E-state index < -0.39 is 16.1 Å². The third-order valence-corrected chi connectivity index (χ3v) is 18.2. The van der Waals surface area contributed by atoms with Gasteiger partial charge in [-0.3, -0.25) is 0 Å². The van der Waals surface area contributed by atoms with E-state index in [1.54, 1.807) is 0 Å². The molecule has 0 atom stereocenters. The molecule has 10 aromatic rings. The lowest BCUT2D eigenvalue weighted by atomic mass is 9.83. The SMILES string of the molecule is Cc1cccc(-c2ccccc2)c1N(c1ccc([Si](C)(C)C)cc1)c1cc(N(c2ccc([Si](C)(C)C)cc2)c2c(C)cccc2-c2ccccc2)c2ccc3cc(C(C)(C)C)cc4ccc1c2c43. The minimum Gasteiger partial charge on any atom is -0.309 e. The molecule has 0 spiro atoms. The van der Waals surface area contributed by atoms with E-state index in [1.165, 1.54) is 93.0 Å². The van der Waals surface area contributed by atoms with Gasteiger partial charge in [0, 0.05) is 38.7 Å².